The second kappa shape index (κ2) is 9.85. The zero-order valence-corrected chi connectivity index (χ0v) is 21.8. The van der Waals surface area contributed by atoms with E-state index in [4.69, 9.17) is 0 Å². The fourth-order valence-electron chi connectivity index (χ4n) is 5.67. The number of hydrogen-bond donors (Lipinski definition) is 2. The lowest BCUT2D eigenvalue weighted by atomic mass is 9.77. The minimum atomic E-state index is -3.66. The van der Waals surface area contributed by atoms with Crippen LogP contribution in [-0.4, -0.2) is 60.4 Å². The monoisotopic (exact) mass is 530 g/mol. The molecule has 1 spiro atoms. The molecule has 4 aromatic rings. The smallest absolute Gasteiger partial charge is 0.256 e. The molecular formula is C28H30N6O3S. The number of nitrogens with one attached hydrogen (secondary N) is 2. The number of imidazole rings is 1. The lowest BCUT2D eigenvalue weighted by molar-refractivity contribution is 0.0766. The number of hydrogen-bond acceptors (Lipinski definition) is 6. The van der Waals surface area contributed by atoms with E-state index in [0.29, 0.717) is 22.4 Å². The molecule has 0 atom stereocenters. The molecule has 2 aliphatic heterocycles. The summed E-state index contributed by atoms with van der Waals surface area (Å²) >= 11 is 0. The maximum Gasteiger partial charge on any atom is 0.256 e. The summed E-state index contributed by atoms with van der Waals surface area (Å²) in [6.07, 6.45) is 6.77. The van der Waals surface area contributed by atoms with E-state index in [2.05, 4.69) is 24.6 Å². The van der Waals surface area contributed by atoms with Crippen molar-refractivity contribution in [2.45, 2.75) is 30.7 Å². The van der Waals surface area contributed by atoms with E-state index >= 15 is 0 Å². The molecule has 9 nitrogen and oxygen atoms in total. The van der Waals surface area contributed by atoms with E-state index in [1.165, 1.54) is 5.69 Å². The number of rotatable bonds is 6. The molecule has 0 saturated carbocycles. The topological polar surface area (TPSA) is 111 Å². The summed E-state index contributed by atoms with van der Waals surface area (Å²) in [5.41, 5.74) is 3.18. The van der Waals surface area contributed by atoms with Gasteiger partial charge < -0.3 is 14.8 Å². The van der Waals surface area contributed by atoms with Gasteiger partial charge in [0.15, 0.2) is 0 Å². The summed E-state index contributed by atoms with van der Waals surface area (Å²) in [5, 5.41) is 0. The number of pyridine rings is 1. The molecule has 2 aliphatic rings. The van der Waals surface area contributed by atoms with Crippen LogP contribution in [0.25, 0.3) is 11.0 Å². The first-order valence-electron chi connectivity index (χ1n) is 12.9. The normalized spacial score (nSPS) is 17.4. The van der Waals surface area contributed by atoms with Gasteiger partial charge in [0.1, 0.15) is 11.3 Å². The fourth-order valence-corrected chi connectivity index (χ4v) is 6.68. The molecular weight excluding hydrogens is 500 g/mol. The van der Waals surface area contributed by atoms with Crippen molar-refractivity contribution in [1.29, 1.82) is 0 Å². The second-order valence-electron chi connectivity index (χ2n) is 10.2. The van der Waals surface area contributed by atoms with Crippen molar-refractivity contribution < 1.29 is 13.2 Å². The summed E-state index contributed by atoms with van der Waals surface area (Å²) in [4.78, 5) is 30.1. The Morgan fingerprint density at radius 1 is 0.947 bits per heavy atom. The van der Waals surface area contributed by atoms with Crippen LogP contribution in [0.3, 0.4) is 0 Å². The highest BCUT2D eigenvalue weighted by molar-refractivity contribution is 7.89. The predicted molar refractivity (Wildman–Crippen MR) is 145 cm³/mol. The maximum atomic E-state index is 13.6. The molecule has 10 heteroatoms. The van der Waals surface area contributed by atoms with Crippen LogP contribution >= 0.6 is 0 Å². The highest BCUT2D eigenvalue weighted by Gasteiger charge is 2.42. The molecule has 2 aromatic carbocycles. The van der Waals surface area contributed by atoms with Crippen LogP contribution in [0.2, 0.25) is 0 Å². The Hall–Kier alpha value is -3.76. The summed E-state index contributed by atoms with van der Waals surface area (Å²) in [5.74, 6) is 0.438. The van der Waals surface area contributed by atoms with E-state index in [1.807, 2.05) is 41.6 Å². The van der Waals surface area contributed by atoms with Gasteiger partial charge in [-0.1, -0.05) is 24.3 Å². The van der Waals surface area contributed by atoms with Gasteiger partial charge in [-0.25, -0.2) is 18.1 Å². The number of piperidine rings is 1. The molecule has 0 aliphatic carbocycles. The Morgan fingerprint density at radius 3 is 2.45 bits per heavy atom. The van der Waals surface area contributed by atoms with Crippen LogP contribution in [0.5, 0.6) is 0 Å². The van der Waals surface area contributed by atoms with E-state index in [0.717, 1.165) is 45.4 Å². The van der Waals surface area contributed by atoms with Gasteiger partial charge in [0.25, 0.3) is 5.91 Å². The zero-order valence-electron chi connectivity index (χ0n) is 21.0. The van der Waals surface area contributed by atoms with Gasteiger partial charge in [-0.3, -0.25) is 9.78 Å². The number of aromatic nitrogens is 3. The molecule has 196 valence electrons. The molecule has 2 saturated heterocycles. The molecule has 0 bridgehead atoms. The van der Waals surface area contributed by atoms with Crippen molar-refractivity contribution in [3.05, 3.63) is 84.4 Å². The zero-order chi connectivity index (χ0) is 26.2. The summed E-state index contributed by atoms with van der Waals surface area (Å²) < 4.78 is 27.8. The first-order chi connectivity index (χ1) is 18.4. The number of anilines is 1. The van der Waals surface area contributed by atoms with Crippen LogP contribution < -0.4 is 9.62 Å². The maximum absolute atomic E-state index is 13.6. The Balaban J connectivity index is 1.14. The number of fused-ring (bicyclic) bond motifs is 1. The third-order valence-electron chi connectivity index (χ3n) is 7.85. The van der Waals surface area contributed by atoms with Crippen molar-refractivity contribution in [2.75, 3.05) is 31.1 Å². The number of sulfonamides is 1. The first kappa shape index (κ1) is 24.6. The third-order valence-corrected chi connectivity index (χ3v) is 9.27. The van der Waals surface area contributed by atoms with E-state index in [-0.39, 0.29) is 22.8 Å². The van der Waals surface area contributed by atoms with Crippen molar-refractivity contribution in [3.8, 4) is 0 Å². The minimum absolute atomic E-state index is 0.000338. The van der Waals surface area contributed by atoms with Crippen LogP contribution in [0.1, 0.15) is 35.4 Å². The van der Waals surface area contributed by atoms with Crippen molar-refractivity contribution in [1.82, 2.24) is 24.6 Å². The molecule has 6 rings (SSSR count). The van der Waals surface area contributed by atoms with Crippen molar-refractivity contribution in [2.24, 2.45) is 5.41 Å². The Kier molecular flexibility index (Phi) is 6.37. The van der Waals surface area contributed by atoms with Crippen LogP contribution in [0, 0.1) is 5.41 Å². The van der Waals surface area contributed by atoms with Crippen LogP contribution in [-0.2, 0) is 16.6 Å². The molecule has 0 radical (unpaired) electrons. The minimum Gasteiger partial charge on any atom is -0.371 e. The highest BCUT2D eigenvalue weighted by atomic mass is 32.2. The Labute approximate surface area is 222 Å². The largest absolute Gasteiger partial charge is 0.371 e. The summed E-state index contributed by atoms with van der Waals surface area (Å²) in [7, 11) is -3.66. The number of aromatic amines is 1. The number of benzene rings is 2. The number of likely N-dealkylation sites (tertiary alicyclic amines) is 1. The number of carbonyl (C=O) groups is 1. The van der Waals surface area contributed by atoms with Gasteiger partial charge in [-0.15, -0.1) is 0 Å². The quantitative estimate of drug-likeness (QED) is 0.394. The van der Waals surface area contributed by atoms with E-state index < -0.39 is 10.0 Å². The van der Waals surface area contributed by atoms with Gasteiger partial charge in [0.2, 0.25) is 10.0 Å². The standard InChI is InChI=1S/C28H30N6O3S/c35-27(34-18-13-28(20-34)11-16-33(17-12-28)21-9-14-29-15-10-21)23-7-4-8-24-26(23)32-25(31-24)19-30-38(36,37)22-5-2-1-3-6-22/h1-10,14-15,30H,11-13,16-20H2,(H,31,32). The summed E-state index contributed by atoms with van der Waals surface area (Å²) in [6, 6.07) is 17.8. The number of amides is 1. The number of para-hydroxylation sites is 1. The van der Waals surface area contributed by atoms with Crippen molar-refractivity contribution in [3.63, 3.8) is 0 Å². The lowest BCUT2D eigenvalue weighted by Gasteiger charge is -2.40. The third kappa shape index (κ3) is 4.77. The summed E-state index contributed by atoms with van der Waals surface area (Å²) in [6.45, 7) is 3.44. The molecule has 0 unspecified atom stereocenters. The predicted octanol–water partition coefficient (Wildman–Crippen LogP) is 3.57. The highest BCUT2D eigenvalue weighted by Crippen LogP contribution is 2.41. The molecule has 2 aromatic heterocycles. The average molecular weight is 531 g/mol. The first-order valence-corrected chi connectivity index (χ1v) is 14.4. The molecule has 2 N–H and O–H groups in total. The second-order valence-corrected chi connectivity index (χ2v) is 12.0. The Morgan fingerprint density at radius 2 is 1.68 bits per heavy atom. The van der Waals surface area contributed by atoms with Crippen molar-refractivity contribution >= 4 is 32.7 Å². The fraction of sp³-hybridized carbons (Fsp3) is 0.321. The van der Waals surface area contributed by atoms with Gasteiger partial charge in [-0.2, -0.15) is 0 Å². The van der Waals surface area contributed by atoms with Crippen LogP contribution in [0.4, 0.5) is 5.69 Å². The van der Waals surface area contributed by atoms with Gasteiger partial charge in [-0.05, 0) is 61.1 Å². The molecule has 4 heterocycles. The number of H-pyrrole nitrogens is 1. The average Bonchev–Trinajstić information content (AvgIpc) is 3.57. The molecule has 38 heavy (non-hydrogen) atoms. The molecule has 2 fully saturated rings. The van der Waals surface area contributed by atoms with E-state index in [9.17, 15) is 13.2 Å². The van der Waals surface area contributed by atoms with Gasteiger partial charge >= 0.3 is 0 Å². The number of nitrogens with zero attached hydrogens (tertiary/aromatic N) is 4. The van der Waals surface area contributed by atoms with Gasteiger partial charge in [0, 0.05) is 44.3 Å². The Bertz CT molecular complexity index is 1550. The van der Waals surface area contributed by atoms with Crippen LogP contribution in [0.15, 0.2) is 78.0 Å². The molecule has 1 amide bonds. The van der Waals surface area contributed by atoms with E-state index in [1.54, 1.807) is 36.4 Å². The van der Waals surface area contributed by atoms with Gasteiger partial charge in [0.05, 0.1) is 22.5 Å². The lowest BCUT2D eigenvalue weighted by Crippen LogP contribution is -2.42. The SMILES string of the molecule is O=C(c1cccc2[nH]c(CNS(=O)(=O)c3ccccc3)nc12)N1CCC2(CCN(c3ccncc3)CC2)C1. The number of carbonyl (C=O) groups excluding carboxylic acids is 1.